The van der Waals surface area contributed by atoms with E-state index in [4.69, 9.17) is 4.74 Å². The average molecular weight is 239 g/mol. The molecule has 3 heteroatoms. The molecule has 0 spiro atoms. The topological polar surface area (TPSA) is 32.7 Å². The Balaban J connectivity index is 1.76. The minimum Gasteiger partial charge on any atom is -0.388 e. The molecule has 0 amide bonds. The molecule has 3 atom stereocenters. The van der Waals surface area contributed by atoms with Crippen LogP contribution in [0, 0.1) is 5.92 Å². The summed E-state index contributed by atoms with van der Waals surface area (Å²) in [6.45, 7) is 3.72. The summed E-state index contributed by atoms with van der Waals surface area (Å²) in [4.78, 5) is 2.50. The Labute approximate surface area is 104 Å². The van der Waals surface area contributed by atoms with Crippen molar-refractivity contribution < 1.29 is 9.84 Å². The van der Waals surface area contributed by atoms with E-state index in [2.05, 4.69) is 4.90 Å². The van der Waals surface area contributed by atoms with Crippen molar-refractivity contribution in [3.05, 3.63) is 0 Å². The van der Waals surface area contributed by atoms with Gasteiger partial charge in [0.05, 0.1) is 18.8 Å². The fraction of sp³-hybridized carbons (Fsp3) is 1.00. The van der Waals surface area contributed by atoms with E-state index in [1.54, 1.807) is 0 Å². The van der Waals surface area contributed by atoms with Crippen molar-refractivity contribution in [3.63, 3.8) is 0 Å². The van der Waals surface area contributed by atoms with Crippen LogP contribution in [-0.2, 0) is 4.74 Å². The summed E-state index contributed by atoms with van der Waals surface area (Å²) in [5.41, 5.74) is -0.381. The molecular weight excluding hydrogens is 214 g/mol. The highest BCUT2D eigenvalue weighted by Gasteiger charge is 2.49. The Morgan fingerprint density at radius 1 is 1.00 bits per heavy atom. The Morgan fingerprint density at radius 3 is 2.59 bits per heavy atom. The van der Waals surface area contributed by atoms with Crippen LogP contribution in [0.25, 0.3) is 0 Å². The second kappa shape index (κ2) is 4.87. The van der Waals surface area contributed by atoms with Crippen LogP contribution in [0.4, 0.5) is 0 Å². The van der Waals surface area contributed by atoms with Crippen LogP contribution in [0.15, 0.2) is 0 Å². The van der Waals surface area contributed by atoms with Gasteiger partial charge in [0.25, 0.3) is 0 Å². The zero-order valence-corrected chi connectivity index (χ0v) is 10.7. The smallest absolute Gasteiger partial charge is 0.0830 e. The van der Waals surface area contributed by atoms with Crippen LogP contribution in [0.3, 0.4) is 0 Å². The fourth-order valence-corrected chi connectivity index (χ4v) is 4.28. The number of ether oxygens (including phenoxy) is 1. The average Bonchev–Trinajstić information content (AvgIpc) is 2.38. The normalized spacial score (nSPS) is 44.3. The summed E-state index contributed by atoms with van der Waals surface area (Å²) in [5, 5.41) is 11.1. The Morgan fingerprint density at radius 2 is 1.76 bits per heavy atom. The van der Waals surface area contributed by atoms with Gasteiger partial charge in [0.1, 0.15) is 0 Å². The molecule has 0 radical (unpaired) electrons. The lowest BCUT2D eigenvalue weighted by molar-refractivity contribution is -0.145. The molecule has 0 bridgehead atoms. The molecule has 1 aliphatic heterocycles. The van der Waals surface area contributed by atoms with Crippen LogP contribution < -0.4 is 0 Å². The fourth-order valence-electron chi connectivity index (χ4n) is 4.28. The number of rotatable bonds is 1. The van der Waals surface area contributed by atoms with Gasteiger partial charge in [-0.2, -0.15) is 0 Å². The lowest BCUT2D eigenvalue weighted by atomic mass is 9.64. The number of aliphatic hydroxyl groups is 1. The van der Waals surface area contributed by atoms with Gasteiger partial charge >= 0.3 is 0 Å². The summed E-state index contributed by atoms with van der Waals surface area (Å²) in [6.07, 6.45) is 8.55. The maximum atomic E-state index is 11.1. The maximum Gasteiger partial charge on any atom is 0.0830 e. The molecule has 0 aromatic rings. The molecule has 3 rings (SSSR count). The van der Waals surface area contributed by atoms with Gasteiger partial charge in [-0.15, -0.1) is 0 Å². The molecular formula is C14H25NO2. The van der Waals surface area contributed by atoms with Crippen LogP contribution >= 0.6 is 0 Å². The highest BCUT2D eigenvalue weighted by Crippen LogP contribution is 2.45. The van der Waals surface area contributed by atoms with Crippen molar-refractivity contribution in [2.24, 2.45) is 5.92 Å². The number of nitrogens with zero attached hydrogens (tertiary/aromatic N) is 1. The molecule has 98 valence electrons. The zero-order chi connectivity index (χ0) is 11.7. The molecule has 3 fully saturated rings. The summed E-state index contributed by atoms with van der Waals surface area (Å²) in [7, 11) is 0. The first-order valence-corrected chi connectivity index (χ1v) is 7.35. The van der Waals surface area contributed by atoms with Gasteiger partial charge in [0.15, 0.2) is 0 Å². The predicted octanol–water partition coefficient (Wildman–Crippen LogP) is 1.79. The Bertz CT molecular complexity index is 263. The number of hydrogen-bond acceptors (Lipinski definition) is 3. The number of hydrogen-bond donors (Lipinski definition) is 1. The van der Waals surface area contributed by atoms with E-state index in [-0.39, 0.29) is 5.60 Å². The van der Waals surface area contributed by atoms with Gasteiger partial charge in [-0.1, -0.05) is 19.3 Å². The van der Waals surface area contributed by atoms with Gasteiger partial charge in [-0.3, -0.25) is 4.90 Å². The van der Waals surface area contributed by atoms with Gasteiger partial charge in [0.2, 0.25) is 0 Å². The van der Waals surface area contributed by atoms with E-state index in [0.717, 1.165) is 32.7 Å². The summed E-state index contributed by atoms with van der Waals surface area (Å²) < 4.78 is 5.44. The Hall–Kier alpha value is -0.120. The van der Waals surface area contributed by atoms with Crippen LogP contribution in [-0.4, -0.2) is 48.0 Å². The standard InChI is InChI=1S/C14H25NO2/c16-14-7-2-1-4-12(14)5-3-6-13(14)15-8-10-17-11-9-15/h12-13,16H,1-11H2/t12-,13?,14-/m1/s1. The third-order valence-corrected chi connectivity index (χ3v) is 5.18. The number of morpholine rings is 1. The molecule has 1 heterocycles. The zero-order valence-electron chi connectivity index (χ0n) is 10.7. The van der Waals surface area contributed by atoms with Crippen molar-refractivity contribution in [1.29, 1.82) is 0 Å². The van der Waals surface area contributed by atoms with E-state index < -0.39 is 0 Å². The summed E-state index contributed by atoms with van der Waals surface area (Å²) in [5.74, 6) is 0.567. The van der Waals surface area contributed by atoms with Crippen molar-refractivity contribution in [1.82, 2.24) is 4.90 Å². The molecule has 2 aliphatic carbocycles. The van der Waals surface area contributed by atoms with E-state index >= 15 is 0 Å². The quantitative estimate of drug-likeness (QED) is 0.757. The molecule has 0 aromatic heterocycles. The highest BCUT2D eigenvalue weighted by molar-refractivity contribution is 5.03. The summed E-state index contributed by atoms with van der Waals surface area (Å²) >= 11 is 0. The first kappa shape index (κ1) is 11.9. The molecule has 3 nitrogen and oxygen atoms in total. The van der Waals surface area contributed by atoms with Gasteiger partial charge < -0.3 is 9.84 Å². The molecule has 1 saturated heterocycles. The van der Waals surface area contributed by atoms with Crippen molar-refractivity contribution >= 4 is 0 Å². The molecule has 17 heavy (non-hydrogen) atoms. The number of fused-ring (bicyclic) bond motifs is 1. The van der Waals surface area contributed by atoms with Crippen molar-refractivity contribution in [2.75, 3.05) is 26.3 Å². The van der Waals surface area contributed by atoms with Crippen molar-refractivity contribution in [2.45, 2.75) is 56.6 Å². The molecule has 1 N–H and O–H groups in total. The minimum absolute atomic E-state index is 0.381. The monoisotopic (exact) mass is 239 g/mol. The third-order valence-electron chi connectivity index (χ3n) is 5.18. The first-order chi connectivity index (χ1) is 8.31. The Kier molecular flexibility index (Phi) is 3.42. The second-order valence-electron chi connectivity index (χ2n) is 6.03. The van der Waals surface area contributed by atoms with Gasteiger partial charge in [0, 0.05) is 19.1 Å². The second-order valence-corrected chi connectivity index (χ2v) is 6.03. The SMILES string of the molecule is O[C@]12CCCC[C@@H]1CCCC2N1CCOCC1. The first-order valence-electron chi connectivity index (χ1n) is 7.35. The van der Waals surface area contributed by atoms with Crippen molar-refractivity contribution in [3.8, 4) is 0 Å². The minimum atomic E-state index is -0.381. The molecule has 3 aliphatic rings. The molecule has 0 aromatic carbocycles. The van der Waals surface area contributed by atoms with Crippen LogP contribution in [0.5, 0.6) is 0 Å². The third kappa shape index (κ3) is 2.13. The molecule has 2 saturated carbocycles. The van der Waals surface area contributed by atoms with Gasteiger partial charge in [-0.05, 0) is 31.6 Å². The van der Waals surface area contributed by atoms with Crippen LogP contribution in [0.2, 0.25) is 0 Å². The summed E-state index contributed by atoms with van der Waals surface area (Å²) in [6, 6.07) is 0.408. The van der Waals surface area contributed by atoms with Gasteiger partial charge in [-0.25, -0.2) is 0 Å². The molecule has 1 unspecified atom stereocenters. The largest absolute Gasteiger partial charge is 0.388 e. The lowest BCUT2D eigenvalue weighted by Gasteiger charge is -2.53. The van der Waals surface area contributed by atoms with E-state index in [9.17, 15) is 5.11 Å². The van der Waals surface area contributed by atoms with E-state index in [1.165, 1.54) is 38.5 Å². The highest BCUT2D eigenvalue weighted by atomic mass is 16.5. The van der Waals surface area contributed by atoms with E-state index in [1.807, 2.05) is 0 Å². The maximum absolute atomic E-state index is 11.1. The lowest BCUT2D eigenvalue weighted by Crippen LogP contribution is -2.61. The predicted molar refractivity (Wildman–Crippen MR) is 66.9 cm³/mol. The van der Waals surface area contributed by atoms with E-state index in [0.29, 0.717) is 12.0 Å². The van der Waals surface area contributed by atoms with Crippen LogP contribution in [0.1, 0.15) is 44.9 Å².